The Bertz CT molecular complexity index is 354. The van der Waals surface area contributed by atoms with E-state index in [1.54, 1.807) is 0 Å². The lowest BCUT2D eigenvalue weighted by Crippen LogP contribution is -2.42. The van der Waals surface area contributed by atoms with Gasteiger partial charge in [0, 0.05) is 0 Å². The number of nitriles is 1. The van der Waals surface area contributed by atoms with E-state index in [2.05, 4.69) is 12.6 Å². The van der Waals surface area contributed by atoms with Gasteiger partial charge in [0.2, 0.25) is 0 Å². The molecule has 15 heavy (non-hydrogen) atoms. The summed E-state index contributed by atoms with van der Waals surface area (Å²) in [7, 11) is 0. The Hall–Kier alpha value is -1.07. The van der Waals surface area contributed by atoms with Crippen molar-refractivity contribution in [2.75, 3.05) is 0 Å². The summed E-state index contributed by atoms with van der Waals surface area (Å²) in [5, 5.41) is 19.8. The topological polar surface area (TPSA) is 44.0 Å². The molecular formula is C13H17NO. The third-order valence-electron chi connectivity index (χ3n) is 3.94. The van der Waals surface area contributed by atoms with Crippen molar-refractivity contribution >= 4 is 0 Å². The molecule has 0 aromatic carbocycles. The van der Waals surface area contributed by atoms with Crippen LogP contribution in [0.4, 0.5) is 0 Å². The average Bonchev–Trinajstić information content (AvgIpc) is 2.71. The SMILES string of the molecule is C=CC(C)CC1(C#N)CC2C=CC1(O)C2. The van der Waals surface area contributed by atoms with E-state index in [1.807, 2.05) is 25.2 Å². The monoisotopic (exact) mass is 203 g/mol. The number of hydrogen-bond acceptors (Lipinski definition) is 2. The normalized spacial score (nSPS) is 43.9. The molecule has 0 radical (unpaired) electrons. The van der Waals surface area contributed by atoms with Crippen LogP contribution in [0.5, 0.6) is 0 Å². The summed E-state index contributed by atoms with van der Waals surface area (Å²) in [5.74, 6) is 0.674. The van der Waals surface area contributed by atoms with Crippen LogP contribution in [-0.2, 0) is 0 Å². The zero-order valence-electron chi connectivity index (χ0n) is 9.11. The van der Waals surface area contributed by atoms with Crippen molar-refractivity contribution in [3.8, 4) is 6.07 Å². The third-order valence-corrected chi connectivity index (χ3v) is 3.94. The van der Waals surface area contributed by atoms with Crippen molar-refractivity contribution in [3.63, 3.8) is 0 Å². The first-order valence-corrected chi connectivity index (χ1v) is 5.51. The predicted molar refractivity (Wildman–Crippen MR) is 58.8 cm³/mol. The van der Waals surface area contributed by atoms with E-state index < -0.39 is 11.0 Å². The van der Waals surface area contributed by atoms with Crippen LogP contribution in [0, 0.1) is 28.6 Å². The van der Waals surface area contributed by atoms with Crippen LogP contribution in [0.3, 0.4) is 0 Å². The summed E-state index contributed by atoms with van der Waals surface area (Å²) in [5.41, 5.74) is -1.47. The van der Waals surface area contributed by atoms with Crippen molar-refractivity contribution in [2.45, 2.75) is 31.8 Å². The quantitative estimate of drug-likeness (QED) is 0.716. The summed E-state index contributed by atoms with van der Waals surface area (Å²) in [4.78, 5) is 0. The molecule has 2 nitrogen and oxygen atoms in total. The zero-order valence-corrected chi connectivity index (χ0v) is 9.11. The molecule has 0 aliphatic heterocycles. The van der Waals surface area contributed by atoms with Crippen LogP contribution < -0.4 is 0 Å². The van der Waals surface area contributed by atoms with Gasteiger partial charge in [-0.1, -0.05) is 25.2 Å². The minimum absolute atomic E-state index is 0.279. The molecule has 4 unspecified atom stereocenters. The highest BCUT2D eigenvalue weighted by Crippen LogP contribution is 2.57. The highest BCUT2D eigenvalue weighted by atomic mass is 16.3. The Morgan fingerprint density at radius 1 is 1.73 bits per heavy atom. The Balaban J connectivity index is 2.28. The summed E-state index contributed by atoms with van der Waals surface area (Å²) in [6, 6.07) is 2.37. The third kappa shape index (κ3) is 1.34. The average molecular weight is 203 g/mol. The fourth-order valence-corrected chi connectivity index (χ4v) is 3.03. The molecule has 0 aromatic heterocycles. The van der Waals surface area contributed by atoms with Crippen molar-refractivity contribution in [1.82, 2.24) is 0 Å². The van der Waals surface area contributed by atoms with Gasteiger partial charge >= 0.3 is 0 Å². The molecule has 2 aliphatic carbocycles. The van der Waals surface area contributed by atoms with E-state index in [-0.39, 0.29) is 5.92 Å². The van der Waals surface area contributed by atoms with Gasteiger partial charge in [0.05, 0.1) is 11.5 Å². The van der Waals surface area contributed by atoms with E-state index in [0.29, 0.717) is 12.3 Å². The van der Waals surface area contributed by atoms with E-state index in [0.717, 1.165) is 12.8 Å². The summed E-state index contributed by atoms with van der Waals surface area (Å²) in [6.07, 6.45) is 7.98. The fraction of sp³-hybridized carbons (Fsp3) is 0.615. The molecule has 1 N–H and O–H groups in total. The van der Waals surface area contributed by atoms with Crippen LogP contribution in [0.1, 0.15) is 26.2 Å². The van der Waals surface area contributed by atoms with Crippen molar-refractivity contribution in [1.29, 1.82) is 5.26 Å². The zero-order chi connectivity index (χ0) is 11.1. The fourth-order valence-electron chi connectivity index (χ4n) is 3.03. The molecule has 2 rings (SSSR count). The summed E-state index contributed by atoms with van der Waals surface area (Å²) >= 11 is 0. The molecule has 0 heterocycles. The standard InChI is InChI=1S/C13H17NO/c1-3-10(2)6-12(9-14)7-11-4-5-13(12,15)8-11/h3-5,10-11,15H,1,6-8H2,2H3. The lowest BCUT2D eigenvalue weighted by atomic mass is 9.69. The molecule has 0 spiro atoms. The number of hydrogen-bond donors (Lipinski definition) is 1. The largest absolute Gasteiger partial charge is 0.384 e. The number of fused-ring (bicyclic) bond motifs is 2. The van der Waals surface area contributed by atoms with Gasteiger partial charge in [-0.05, 0) is 31.1 Å². The van der Waals surface area contributed by atoms with Crippen LogP contribution in [0.15, 0.2) is 24.8 Å². The number of allylic oxidation sites excluding steroid dienone is 2. The van der Waals surface area contributed by atoms with Crippen LogP contribution in [0.25, 0.3) is 0 Å². The van der Waals surface area contributed by atoms with Gasteiger partial charge in [0.1, 0.15) is 5.60 Å². The second kappa shape index (κ2) is 3.21. The minimum atomic E-state index is -0.885. The maximum Gasteiger partial charge on any atom is 0.102 e. The van der Waals surface area contributed by atoms with Gasteiger partial charge in [-0.3, -0.25) is 0 Å². The maximum atomic E-state index is 10.5. The molecule has 2 aliphatic rings. The Morgan fingerprint density at radius 3 is 2.87 bits per heavy atom. The minimum Gasteiger partial charge on any atom is -0.384 e. The van der Waals surface area contributed by atoms with Crippen LogP contribution in [-0.4, -0.2) is 10.7 Å². The highest BCUT2D eigenvalue weighted by molar-refractivity contribution is 5.31. The number of nitrogens with zero attached hydrogens (tertiary/aromatic N) is 1. The molecule has 2 bridgehead atoms. The number of aliphatic hydroxyl groups is 1. The van der Waals surface area contributed by atoms with Gasteiger partial charge in [0.25, 0.3) is 0 Å². The smallest absolute Gasteiger partial charge is 0.102 e. The van der Waals surface area contributed by atoms with Crippen LogP contribution in [0.2, 0.25) is 0 Å². The van der Waals surface area contributed by atoms with E-state index in [9.17, 15) is 10.4 Å². The molecule has 1 saturated carbocycles. The second-order valence-electron chi connectivity index (χ2n) is 5.06. The van der Waals surface area contributed by atoms with Gasteiger partial charge < -0.3 is 5.11 Å². The van der Waals surface area contributed by atoms with E-state index in [4.69, 9.17) is 0 Å². The number of rotatable bonds is 3. The van der Waals surface area contributed by atoms with Gasteiger partial charge in [0.15, 0.2) is 0 Å². The first kappa shape index (κ1) is 10.4. The Morgan fingerprint density at radius 2 is 2.47 bits per heavy atom. The molecule has 0 amide bonds. The predicted octanol–water partition coefficient (Wildman–Crippen LogP) is 2.42. The lowest BCUT2D eigenvalue weighted by Gasteiger charge is -2.36. The van der Waals surface area contributed by atoms with Crippen molar-refractivity contribution in [3.05, 3.63) is 24.8 Å². The molecule has 1 fully saturated rings. The van der Waals surface area contributed by atoms with Crippen LogP contribution >= 0.6 is 0 Å². The van der Waals surface area contributed by atoms with Gasteiger partial charge in [-0.2, -0.15) is 5.26 Å². The molecular weight excluding hydrogens is 186 g/mol. The lowest BCUT2D eigenvalue weighted by molar-refractivity contribution is 0.00556. The summed E-state index contributed by atoms with van der Waals surface area (Å²) < 4.78 is 0. The maximum absolute atomic E-state index is 10.5. The second-order valence-corrected chi connectivity index (χ2v) is 5.06. The first-order chi connectivity index (χ1) is 7.05. The molecule has 0 saturated heterocycles. The molecule has 80 valence electrons. The molecule has 2 heteroatoms. The van der Waals surface area contributed by atoms with E-state index >= 15 is 0 Å². The highest BCUT2D eigenvalue weighted by Gasteiger charge is 2.59. The van der Waals surface area contributed by atoms with E-state index in [1.165, 1.54) is 0 Å². The Labute approximate surface area is 90.9 Å². The summed E-state index contributed by atoms with van der Waals surface area (Å²) in [6.45, 7) is 5.79. The Kier molecular flexibility index (Phi) is 2.24. The first-order valence-electron chi connectivity index (χ1n) is 5.51. The van der Waals surface area contributed by atoms with Gasteiger partial charge in [-0.15, -0.1) is 6.58 Å². The van der Waals surface area contributed by atoms with Gasteiger partial charge in [-0.25, -0.2) is 0 Å². The molecule has 4 atom stereocenters. The van der Waals surface area contributed by atoms with Crippen molar-refractivity contribution in [2.24, 2.45) is 17.3 Å². The van der Waals surface area contributed by atoms with Crippen molar-refractivity contribution < 1.29 is 5.11 Å². The molecule has 0 aromatic rings.